The highest BCUT2D eigenvalue weighted by molar-refractivity contribution is 6.31. The summed E-state index contributed by atoms with van der Waals surface area (Å²) in [5.74, 6) is 0.449. The number of rotatable bonds is 23. The molecule has 1 aromatic heterocycles. The van der Waals surface area contributed by atoms with Crippen molar-refractivity contribution in [3.63, 3.8) is 0 Å². The van der Waals surface area contributed by atoms with E-state index in [9.17, 15) is 14.4 Å². The van der Waals surface area contributed by atoms with Crippen molar-refractivity contribution in [2.75, 3.05) is 71.3 Å². The number of carbonyl (C=O) groups is 3. The lowest BCUT2D eigenvalue weighted by Gasteiger charge is -2.28. The molecule has 3 rings (SSSR count). The van der Waals surface area contributed by atoms with Crippen molar-refractivity contribution in [2.24, 2.45) is 16.6 Å². The number of nitrogen functional groups attached to an aromatic ring is 2. The molecule has 0 atom stereocenters. The Balaban J connectivity index is 1.16. The molecule has 17 heteroatoms. The van der Waals surface area contributed by atoms with E-state index in [-0.39, 0.29) is 46.3 Å². The highest BCUT2D eigenvalue weighted by atomic mass is 35.5. The van der Waals surface area contributed by atoms with Gasteiger partial charge in [0.25, 0.3) is 5.91 Å². The van der Waals surface area contributed by atoms with Crippen LogP contribution in [-0.4, -0.2) is 99.5 Å². The number of guanidine groups is 1. The number of halogens is 1. The molecule has 16 nitrogen and oxygen atoms in total. The summed E-state index contributed by atoms with van der Waals surface area (Å²) in [6, 6.07) is 7.86. The topological polar surface area (TPSA) is 240 Å². The summed E-state index contributed by atoms with van der Waals surface area (Å²) in [7, 11) is 1.62. The number of nitrogens with one attached hydrogen (secondary N) is 3. The first kappa shape index (κ1) is 42.2. The minimum Gasteiger partial charge on any atom is -0.491 e. The molecule has 0 saturated heterocycles. The Morgan fingerprint density at radius 1 is 0.904 bits per heavy atom. The highest BCUT2D eigenvalue weighted by Gasteiger charge is 2.24. The van der Waals surface area contributed by atoms with Gasteiger partial charge in [-0.1, -0.05) is 23.7 Å². The van der Waals surface area contributed by atoms with Gasteiger partial charge in [-0.15, -0.1) is 0 Å². The number of nitrogens with two attached hydrogens (primary N) is 3. The molecule has 3 amide bonds. The predicted molar refractivity (Wildman–Crippen MR) is 199 cm³/mol. The number of aromatic nitrogens is 2. The molecule has 52 heavy (non-hydrogen) atoms. The number of urea groups is 1. The Hall–Kier alpha value is -4.25. The molecule has 1 aromatic carbocycles. The lowest BCUT2D eigenvalue weighted by molar-refractivity contribution is -0.120. The van der Waals surface area contributed by atoms with Gasteiger partial charge in [0.1, 0.15) is 18.1 Å². The molecule has 1 saturated carbocycles. The molecular formula is C35H54ClN9O7. The number of nitrogens with zero attached hydrogens (tertiary/aromatic N) is 3. The number of anilines is 2. The van der Waals surface area contributed by atoms with Gasteiger partial charge in [-0.25, -0.2) is 14.8 Å². The highest BCUT2D eigenvalue weighted by Crippen LogP contribution is 2.27. The Labute approximate surface area is 310 Å². The summed E-state index contributed by atoms with van der Waals surface area (Å²) in [5.41, 5.74) is 18.0. The molecule has 1 heterocycles. The van der Waals surface area contributed by atoms with Crippen LogP contribution in [0.5, 0.6) is 5.75 Å². The van der Waals surface area contributed by atoms with Crippen LogP contribution in [0.1, 0.15) is 73.8 Å². The predicted octanol–water partition coefficient (Wildman–Crippen LogP) is 3.02. The van der Waals surface area contributed by atoms with E-state index in [1.807, 2.05) is 24.3 Å². The number of aryl methyl sites for hydroxylation is 1. The SMILES string of the molecule is COCCOCCNC(=O)NC1CCC(CC(=O)CCCOCCOc2ccc(CCCCN=C(N)NC(=O)c3nc(Cl)c(N)nc3N)cc2)CC1. The van der Waals surface area contributed by atoms with Gasteiger partial charge in [0.2, 0.25) is 0 Å². The number of methoxy groups -OCH3 is 1. The zero-order valence-electron chi connectivity index (χ0n) is 30.0. The molecule has 1 aliphatic carbocycles. The maximum Gasteiger partial charge on any atom is 0.315 e. The number of unbranched alkanes of at least 4 members (excludes halogenated alkanes) is 1. The van der Waals surface area contributed by atoms with Gasteiger partial charge in [-0.05, 0) is 75.0 Å². The van der Waals surface area contributed by atoms with Gasteiger partial charge < -0.3 is 46.8 Å². The number of carbonyl (C=O) groups excluding carboxylic acids is 3. The monoisotopic (exact) mass is 747 g/mol. The molecule has 9 N–H and O–H groups in total. The number of amides is 3. The third-order valence-corrected chi connectivity index (χ3v) is 8.62. The first-order valence-corrected chi connectivity index (χ1v) is 18.1. The van der Waals surface area contributed by atoms with Crippen molar-refractivity contribution in [2.45, 2.75) is 70.3 Å². The molecule has 0 aliphatic heterocycles. The zero-order valence-corrected chi connectivity index (χ0v) is 30.8. The molecule has 1 aliphatic rings. The third-order valence-electron chi connectivity index (χ3n) is 8.34. The molecule has 0 spiro atoms. The van der Waals surface area contributed by atoms with Gasteiger partial charge in [0, 0.05) is 45.7 Å². The van der Waals surface area contributed by atoms with Crippen molar-refractivity contribution in [1.82, 2.24) is 25.9 Å². The normalized spacial score (nSPS) is 15.9. The fourth-order valence-corrected chi connectivity index (χ4v) is 5.69. The summed E-state index contributed by atoms with van der Waals surface area (Å²) in [4.78, 5) is 48.7. The van der Waals surface area contributed by atoms with Crippen LogP contribution in [0, 0.1) is 5.92 Å². The average Bonchev–Trinajstić information content (AvgIpc) is 3.12. The Kier molecular flexibility index (Phi) is 19.5. The summed E-state index contributed by atoms with van der Waals surface area (Å²) in [6.07, 6.45) is 7.93. The molecule has 2 aromatic rings. The first-order chi connectivity index (χ1) is 25.1. The lowest BCUT2D eigenvalue weighted by atomic mass is 9.83. The minimum atomic E-state index is -0.675. The van der Waals surface area contributed by atoms with Crippen LogP contribution < -0.4 is 37.9 Å². The van der Waals surface area contributed by atoms with Gasteiger partial charge in [-0.2, -0.15) is 0 Å². The van der Waals surface area contributed by atoms with E-state index in [1.165, 1.54) is 0 Å². The van der Waals surface area contributed by atoms with Crippen LogP contribution >= 0.6 is 11.6 Å². The van der Waals surface area contributed by atoms with Crippen molar-refractivity contribution >= 4 is 46.9 Å². The van der Waals surface area contributed by atoms with E-state index in [4.69, 9.17) is 47.7 Å². The maximum absolute atomic E-state index is 12.5. The van der Waals surface area contributed by atoms with E-state index in [0.717, 1.165) is 56.3 Å². The van der Waals surface area contributed by atoms with Gasteiger partial charge in [0.05, 0.1) is 26.4 Å². The van der Waals surface area contributed by atoms with E-state index in [0.29, 0.717) is 77.9 Å². The quantitative estimate of drug-likeness (QED) is 0.0546. The van der Waals surface area contributed by atoms with Crippen LogP contribution in [0.3, 0.4) is 0 Å². The van der Waals surface area contributed by atoms with Crippen molar-refractivity contribution in [3.8, 4) is 5.75 Å². The minimum absolute atomic E-state index is 0.0575. The standard InChI is InChI=1S/C35H54ClN9O7/c1-49-19-20-51-18-16-41-35(48)42-26-11-7-25(8-12-26)23-27(46)6-4-17-50-21-22-52-28-13-9-24(10-14-28)5-2-3-15-40-34(39)45-33(47)29-31(37)44-32(38)30(36)43-29/h9-10,13-14,25-26H,2-8,11-12,15-23H2,1H3,(H4,37,38,44)(H2,41,42,48)(H3,39,40,45,47). The molecule has 288 valence electrons. The lowest BCUT2D eigenvalue weighted by Crippen LogP contribution is -2.44. The number of benzene rings is 1. The second-order valence-electron chi connectivity index (χ2n) is 12.5. The van der Waals surface area contributed by atoms with Crippen molar-refractivity contribution in [1.29, 1.82) is 0 Å². The second-order valence-corrected chi connectivity index (χ2v) is 12.8. The smallest absolute Gasteiger partial charge is 0.315 e. The summed E-state index contributed by atoms with van der Waals surface area (Å²) < 4.78 is 21.7. The van der Waals surface area contributed by atoms with Gasteiger partial charge >= 0.3 is 6.03 Å². The van der Waals surface area contributed by atoms with Crippen LogP contribution in [0.2, 0.25) is 5.15 Å². The third kappa shape index (κ3) is 16.8. The maximum atomic E-state index is 12.5. The Morgan fingerprint density at radius 3 is 2.38 bits per heavy atom. The summed E-state index contributed by atoms with van der Waals surface area (Å²) in [6.45, 7) is 3.75. The molecular weight excluding hydrogens is 694 g/mol. The van der Waals surface area contributed by atoms with Crippen LogP contribution in [0.15, 0.2) is 29.3 Å². The number of Topliss-reactive ketones (excluding diaryl/α,β-unsaturated/α-hetero) is 1. The van der Waals surface area contributed by atoms with Crippen molar-refractivity contribution in [3.05, 3.63) is 40.7 Å². The van der Waals surface area contributed by atoms with E-state index in [2.05, 4.69) is 30.9 Å². The Bertz CT molecular complexity index is 1420. The number of ketones is 1. The number of hydrogen-bond donors (Lipinski definition) is 6. The molecule has 0 radical (unpaired) electrons. The van der Waals surface area contributed by atoms with Gasteiger partial charge in [0.15, 0.2) is 28.4 Å². The molecule has 0 unspecified atom stereocenters. The average molecular weight is 748 g/mol. The second kappa shape index (κ2) is 24.1. The number of ether oxygens (including phenoxy) is 4. The number of hydrogen-bond acceptors (Lipinski definition) is 12. The largest absolute Gasteiger partial charge is 0.491 e. The fourth-order valence-electron chi connectivity index (χ4n) is 5.56. The summed E-state index contributed by atoms with van der Waals surface area (Å²) in [5, 5.41) is 8.12. The van der Waals surface area contributed by atoms with Crippen LogP contribution in [-0.2, 0) is 25.4 Å². The van der Waals surface area contributed by atoms with Gasteiger partial charge in [-0.3, -0.25) is 19.9 Å². The van der Waals surface area contributed by atoms with Crippen molar-refractivity contribution < 1.29 is 33.3 Å². The van der Waals surface area contributed by atoms with E-state index < -0.39 is 5.91 Å². The number of aliphatic imine (C=N–C) groups is 1. The first-order valence-electron chi connectivity index (χ1n) is 17.8. The Morgan fingerprint density at radius 2 is 1.63 bits per heavy atom. The van der Waals surface area contributed by atoms with E-state index >= 15 is 0 Å². The van der Waals surface area contributed by atoms with E-state index in [1.54, 1.807) is 7.11 Å². The van der Waals surface area contributed by atoms with Crippen LogP contribution in [0.4, 0.5) is 16.4 Å². The molecule has 1 fully saturated rings. The summed E-state index contributed by atoms with van der Waals surface area (Å²) >= 11 is 5.82. The fraction of sp³-hybridized carbons (Fsp3) is 0.600. The zero-order chi connectivity index (χ0) is 37.6. The van der Waals surface area contributed by atoms with Crippen LogP contribution in [0.25, 0.3) is 0 Å². The molecule has 0 bridgehead atoms.